The number of carbonyl (C=O) groups excluding carboxylic acids is 1. The van der Waals surface area contributed by atoms with E-state index in [0.717, 1.165) is 16.3 Å². The van der Waals surface area contributed by atoms with Crippen molar-refractivity contribution in [2.45, 2.75) is 13.3 Å². The fraction of sp³-hybridized carbons (Fsp3) is 0.533. The van der Waals surface area contributed by atoms with E-state index in [0.29, 0.717) is 19.6 Å². The zero-order valence-corrected chi connectivity index (χ0v) is 14.1. The minimum Gasteiger partial charge on any atom is -0.340 e. The zero-order chi connectivity index (χ0) is 16.6. The van der Waals surface area contributed by atoms with Crippen LogP contribution in [0.4, 0.5) is 0 Å². The van der Waals surface area contributed by atoms with Crippen molar-refractivity contribution in [3.8, 4) is 0 Å². The van der Waals surface area contributed by atoms with E-state index in [2.05, 4.69) is 0 Å². The van der Waals surface area contributed by atoms with Gasteiger partial charge in [0.1, 0.15) is 0 Å². The molecular formula is C15H25N3O3S. The van der Waals surface area contributed by atoms with Crippen LogP contribution in [0.2, 0.25) is 0 Å². The summed E-state index contributed by atoms with van der Waals surface area (Å²) in [5.41, 5.74) is 6.68. The molecule has 0 radical (unpaired) electrons. The Morgan fingerprint density at radius 2 is 1.82 bits per heavy atom. The van der Waals surface area contributed by atoms with Gasteiger partial charge < -0.3 is 10.6 Å². The molecule has 7 heteroatoms. The zero-order valence-electron chi connectivity index (χ0n) is 13.2. The number of carbonyl (C=O) groups is 1. The molecule has 0 saturated carbocycles. The largest absolute Gasteiger partial charge is 0.340 e. The molecule has 0 saturated heterocycles. The van der Waals surface area contributed by atoms with Crippen molar-refractivity contribution in [3.05, 3.63) is 35.9 Å². The molecule has 0 aliphatic rings. The molecule has 0 spiro atoms. The van der Waals surface area contributed by atoms with Crippen molar-refractivity contribution in [3.63, 3.8) is 0 Å². The summed E-state index contributed by atoms with van der Waals surface area (Å²) in [5.74, 6) is -0.238. The third kappa shape index (κ3) is 5.75. The van der Waals surface area contributed by atoms with Crippen LogP contribution in [-0.2, 0) is 21.2 Å². The molecule has 1 aromatic rings. The van der Waals surface area contributed by atoms with E-state index >= 15 is 0 Å². The lowest BCUT2D eigenvalue weighted by atomic mass is 10.1. The number of rotatable bonds is 9. The maximum atomic E-state index is 12.3. The standard InChI is InChI=1S/C15H25N3O3S/c1-3-22(20,21)17(2)13-15(19)18(12-10-16)11-9-14-7-5-4-6-8-14/h4-8H,3,9-13,16H2,1-2H3. The van der Waals surface area contributed by atoms with Gasteiger partial charge in [0.25, 0.3) is 0 Å². The average molecular weight is 327 g/mol. The Bertz CT molecular complexity index is 561. The highest BCUT2D eigenvalue weighted by Crippen LogP contribution is 2.04. The van der Waals surface area contributed by atoms with Gasteiger partial charge in [-0.15, -0.1) is 0 Å². The third-order valence-electron chi connectivity index (χ3n) is 3.46. The topological polar surface area (TPSA) is 83.7 Å². The first-order valence-electron chi connectivity index (χ1n) is 7.36. The second-order valence-electron chi connectivity index (χ2n) is 5.06. The first-order chi connectivity index (χ1) is 10.4. The minimum atomic E-state index is -3.35. The molecule has 0 fully saturated rings. The van der Waals surface area contributed by atoms with E-state index in [-0.39, 0.29) is 18.2 Å². The maximum absolute atomic E-state index is 12.3. The second-order valence-corrected chi connectivity index (χ2v) is 7.43. The Labute approximate surface area is 132 Å². The molecule has 124 valence electrons. The summed E-state index contributed by atoms with van der Waals surface area (Å²) in [6.07, 6.45) is 0.719. The van der Waals surface area contributed by atoms with E-state index in [1.165, 1.54) is 7.05 Å². The Balaban J connectivity index is 2.63. The number of benzene rings is 1. The SMILES string of the molecule is CCS(=O)(=O)N(C)CC(=O)N(CCN)CCc1ccccc1. The van der Waals surface area contributed by atoms with Gasteiger partial charge in [-0.05, 0) is 18.9 Å². The lowest BCUT2D eigenvalue weighted by molar-refractivity contribution is -0.131. The molecule has 6 nitrogen and oxygen atoms in total. The molecule has 2 N–H and O–H groups in total. The Kier molecular flexibility index (Phi) is 7.50. The molecule has 1 amide bonds. The van der Waals surface area contributed by atoms with Crippen molar-refractivity contribution in [2.24, 2.45) is 5.73 Å². The first kappa shape index (κ1) is 18.6. The van der Waals surface area contributed by atoms with E-state index < -0.39 is 10.0 Å². The summed E-state index contributed by atoms with van der Waals surface area (Å²) >= 11 is 0. The molecule has 0 aromatic heterocycles. The summed E-state index contributed by atoms with van der Waals surface area (Å²) in [6, 6.07) is 9.84. The third-order valence-corrected chi connectivity index (χ3v) is 5.27. The van der Waals surface area contributed by atoms with Crippen molar-refractivity contribution in [1.29, 1.82) is 0 Å². The Morgan fingerprint density at radius 1 is 1.18 bits per heavy atom. The molecule has 1 aromatic carbocycles. The highest BCUT2D eigenvalue weighted by atomic mass is 32.2. The monoisotopic (exact) mass is 327 g/mol. The predicted molar refractivity (Wildman–Crippen MR) is 87.9 cm³/mol. The molecule has 0 unspecified atom stereocenters. The number of hydrogen-bond acceptors (Lipinski definition) is 4. The number of nitrogens with two attached hydrogens (primary N) is 1. The number of likely N-dealkylation sites (N-methyl/N-ethyl adjacent to an activating group) is 1. The van der Waals surface area contributed by atoms with Crippen LogP contribution in [0.1, 0.15) is 12.5 Å². The summed E-state index contributed by atoms with van der Waals surface area (Å²) in [5, 5.41) is 0. The van der Waals surface area contributed by atoms with Crippen LogP contribution >= 0.6 is 0 Å². The van der Waals surface area contributed by atoms with E-state index in [1.807, 2.05) is 30.3 Å². The fourth-order valence-electron chi connectivity index (χ4n) is 2.03. The summed E-state index contributed by atoms with van der Waals surface area (Å²) in [7, 11) is -1.93. The highest BCUT2D eigenvalue weighted by Gasteiger charge is 2.21. The van der Waals surface area contributed by atoms with Crippen LogP contribution in [0.15, 0.2) is 30.3 Å². The van der Waals surface area contributed by atoms with Gasteiger partial charge in [-0.1, -0.05) is 30.3 Å². The number of amides is 1. The molecule has 0 aliphatic heterocycles. The van der Waals surface area contributed by atoms with Gasteiger partial charge in [0.05, 0.1) is 12.3 Å². The van der Waals surface area contributed by atoms with E-state index in [1.54, 1.807) is 11.8 Å². The van der Waals surface area contributed by atoms with Crippen LogP contribution in [0.25, 0.3) is 0 Å². The van der Waals surface area contributed by atoms with Crippen molar-refractivity contribution >= 4 is 15.9 Å². The van der Waals surface area contributed by atoms with Gasteiger partial charge >= 0.3 is 0 Å². The predicted octanol–water partition coefficient (Wildman–Crippen LogP) is 0.298. The Hall–Kier alpha value is -1.44. The van der Waals surface area contributed by atoms with Gasteiger partial charge in [-0.25, -0.2) is 8.42 Å². The lowest BCUT2D eigenvalue weighted by Crippen LogP contribution is -2.44. The molecule has 1 rings (SSSR count). The van der Waals surface area contributed by atoms with Gasteiger partial charge in [0.2, 0.25) is 15.9 Å². The van der Waals surface area contributed by atoms with Crippen LogP contribution in [-0.4, -0.2) is 62.5 Å². The molecule has 0 heterocycles. The van der Waals surface area contributed by atoms with E-state index in [4.69, 9.17) is 5.73 Å². The van der Waals surface area contributed by atoms with Gasteiger partial charge in [-0.3, -0.25) is 4.79 Å². The first-order valence-corrected chi connectivity index (χ1v) is 8.97. The number of sulfonamides is 1. The second kappa shape index (κ2) is 8.87. The number of nitrogens with zero attached hydrogens (tertiary/aromatic N) is 2. The fourth-order valence-corrected chi connectivity index (χ4v) is 2.78. The van der Waals surface area contributed by atoms with Gasteiger partial charge in [-0.2, -0.15) is 4.31 Å². The highest BCUT2D eigenvalue weighted by molar-refractivity contribution is 7.89. The van der Waals surface area contributed by atoms with Crippen molar-refractivity contribution in [1.82, 2.24) is 9.21 Å². The number of hydrogen-bond donors (Lipinski definition) is 1. The van der Waals surface area contributed by atoms with Crippen LogP contribution in [0.5, 0.6) is 0 Å². The smallest absolute Gasteiger partial charge is 0.237 e. The van der Waals surface area contributed by atoms with Gasteiger partial charge in [0.15, 0.2) is 0 Å². The van der Waals surface area contributed by atoms with Crippen LogP contribution < -0.4 is 5.73 Å². The maximum Gasteiger partial charge on any atom is 0.237 e. The summed E-state index contributed by atoms with van der Waals surface area (Å²) in [6.45, 7) is 2.71. The van der Waals surface area contributed by atoms with E-state index in [9.17, 15) is 13.2 Å². The normalized spacial score (nSPS) is 11.6. The average Bonchev–Trinajstić information content (AvgIpc) is 2.52. The molecule has 0 aliphatic carbocycles. The Morgan fingerprint density at radius 3 is 2.36 bits per heavy atom. The quantitative estimate of drug-likeness (QED) is 0.707. The molecular weight excluding hydrogens is 302 g/mol. The van der Waals surface area contributed by atoms with Crippen molar-refractivity contribution < 1.29 is 13.2 Å². The molecule has 0 atom stereocenters. The van der Waals surface area contributed by atoms with Gasteiger partial charge in [0, 0.05) is 26.7 Å². The minimum absolute atomic E-state index is 0.0162. The summed E-state index contributed by atoms with van der Waals surface area (Å²) < 4.78 is 24.5. The lowest BCUT2D eigenvalue weighted by Gasteiger charge is -2.25. The summed E-state index contributed by atoms with van der Waals surface area (Å²) in [4.78, 5) is 13.9. The van der Waals surface area contributed by atoms with Crippen LogP contribution in [0.3, 0.4) is 0 Å². The van der Waals surface area contributed by atoms with Crippen LogP contribution in [0, 0.1) is 0 Å². The molecule has 22 heavy (non-hydrogen) atoms. The van der Waals surface area contributed by atoms with Crippen molar-refractivity contribution in [2.75, 3.05) is 39.0 Å². The molecule has 0 bridgehead atoms.